The number of amides is 1. The minimum atomic E-state index is -0.0686. The maximum Gasteiger partial charge on any atom is 0.237 e. The highest BCUT2D eigenvalue weighted by Gasteiger charge is 2.07. The molecule has 0 aliphatic heterocycles. The van der Waals surface area contributed by atoms with Crippen LogP contribution in [0, 0.1) is 6.92 Å². The van der Waals surface area contributed by atoms with Crippen molar-refractivity contribution in [3.8, 4) is 11.6 Å². The Morgan fingerprint density at radius 1 is 1.12 bits per heavy atom. The minimum absolute atomic E-state index is 0.0686. The average molecular weight is 319 g/mol. The van der Waals surface area contributed by atoms with E-state index in [1.54, 1.807) is 24.5 Å². The van der Waals surface area contributed by atoms with Crippen molar-refractivity contribution in [3.63, 3.8) is 0 Å². The molecule has 1 heterocycles. The molecule has 3 aromatic rings. The van der Waals surface area contributed by atoms with Gasteiger partial charge >= 0.3 is 0 Å². The highest BCUT2D eigenvalue weighted by Crippen LogP contribution is 2.22. The molecular weight excluding hydrogens is 302 g/mol. The van der Waals surface area contributed by atoms with Gasteiger partial charge in [0.15, 0.2) is 0 Å². The Bertz CT molecular complexity index is 835. The van der Waals surface area contributed by atoms with E-state index < -0.39 is 0 Å². The Hall–Kier alpha value is -3.21. The Morgan fingerprint density at radius 3 is 2.79 bits per heavy atom. The van der Waals surface area contributed by atoms with Crippen LogP contribution in [-0.4, -0.2) is 15.9 Å². The zero-order valence-electron chi connectivity index (χ0n) is 13.3. The number of anilines is 1. The number of carbonyl (C=O) groups excluding carboxylic acids is 1. The van der Waals surface area contributed by atoms with Crippen LogP contribution in [0.5, 0.6) is 11.6 Å². The fourth-order valence-electron chi connectivity index (χ4n) is 2.28. The molecule has 1 amide bonds. The lowest BCUT2D eigenvalue weighted by Gasteiger charge is -2.09. The lowest BCUT2D eigenvalue weighted by Crippen LogP contribution is -2.14. The molecule has 0 bridgehead atoms. The van der Waals surface area contributed by atoms with E-state index >= 15 is 0 Å². The number of hydrogen-bond acceptors (Lipinski definition) is 4. The molecule has 1 aromatic heterocycles. The smallest absolute Gasteiger partial charge is 0.237 e. The molecule has 1 N–H and O–H groups in total. The maximum absolute atomic E-state index is 12.2. The van der Waals surface area contributed by atoms with Crippen LogP contribution in [0.3, 0.4) is 0 Å². The summed E-state index contributed by atoms with van der Waals surface area (Å²) in [6, 6.07) is 15.0. The SMILES string of the molecule is Cc1ccccc1CC(=O)Nc1cccc(Oc2cnccn2)c1. The standard InChI is InChI=1S/C19H17N3O2/c1-14-5-2-3-6-15(14)11-18(23)22-16-7-4-8-17(12-16)24-19-13-20-9-10-21-19/h2-10,12-13H,11H2,1H3,(H,22,23). The van der Waals surface area contributed by atoms with Gasteiger partial charge in [-0.3, -0.25) is 9.78 Å². The Morgan fingerprint density at radius 2 is 2.00 bits per heavy atom. The van der Waals surface area contributed by atoms with Crippen LogP contribution in [0.25, 0.3) is 0 Å². The van der Waals surface area contributed by atoms with Crippen molar-refractivity contribution in [2.75, 3.05) is 5.32 Å². The molecule has 0 atom stereocenters. The van der Waals surface area contributed by atoms with Crippen LogP contribution in [0.4, 0.5) is 5.69 Å². The highest BCUT2D eigenvalue weighted by atomic mass is 16.5. The lowest BCUT2D eigenvalue weighted by molar-refractivity contribution is -0.115. The maximum atomic E-state index is 12.2. The van der Waals surface area contributed by atoms with Gasteiger partial charge in [0.25, 0.3) is 0 Å². The second kappa shape index (κ2) is 7.37. The van der Waals surface area contributed by atoms with Gasteiger partial charge in [-0.2, -0.15) is 0 Å². The van der Waals surface area contributed by atoms with Gasteiger partial charge in [0, 0.05) is 24.1 Å². The van der Waals surface area contributed by atoms with E-state index in [0.29, 0.717) is 23.7 Å². The predicted octanol–water partition coefficient (Wildman–Crippen LogP) is 3.76. The minimum Gasteiger partial charge on any atom is -0.437 e. The second-order valence-electron chi connectivity index (χ2n) is 5.32. The summed E-state index contributed by atoms with van der Waals surface area (Å²) in [6.45, 7) is 2.00. The number of nitrogens with one attached hydrogen (secondary N) is 1. The quantitative estimate of drug-likeness (QED) is 0.778. The van der Waals surface area contributed by atoms with Gasteiger partial charge in [0.05, 0.1) is 12.6 Å². The Kier molecular flexibility index (Phi) is 4.81. The number of aromatic nitrogens is 2. The summed E-state index contributed by atoms with van der Waals surface area (Å²) in [4.78, 5) is 20.2. The van der Waals surface area contributed by atoms with Gasteiger partial charge in [-0.25, -0.2) is 4.98 Å². The van der Waals surface area contributed by atoms with E-state index in [2.05, 4.69) is 15.3 Å². The number of hydrogen-bond donors (Lipinski definition) is 1. The van der Waals surface area contributed by atoms with Gasteiger partial charge in [0.1, 0.15) is 5.75 Å². The summed E-state index contributed by atoms with van der Waals surface area (Å²) in [6.07, 6.45) is 5.00. The van der Waals surface area contributed by atoms with Gasteiger partial charge in [0.2, 0.25) is 11.8 Å². The summed E-state index contributed by atoms with van der Waals surface area (Å²) in [5, 5.41) is 2.89. The molecule has 0 unspecified atom stereocenters. The molecule has 0 saturated heterocycles. The second-order valence-corrected chi connectivity index (χ2v) is 5.32. The van der Waals surface area contributed by atoms with E-state index in [1.807, 2.05) is 43.3 Å². The van der Waals surface area contributed by atoms with Crippen LogP contribution in [0.15, 0.2) is 67.1 Å². The first-order valence-electron chi connectivity index (χ1n) is 7.59. The van der Waals surface area contributed by atoms with E-state index in [0.717, 1.165) is 11.1 Å². The number of ether oxygens (including phenoxy) is 1. The van der Waals surface area contributed by atoms with Crippen LogP contribution in [0.1, 0.15) is 11.1 Å². The predicted molar refractivity (Wildman–Crippen MR) is 92.1 cm³/mol. The van der Waals surface area contributed by atoms with E-state index in [1.165, 1.54) is 6.20 Å². The molecule has 3 rings (SSSR count). The first kappa shape index (κ1) is 15.7. The molecular formula is C19H17N3O2. The monoisotopic (exact) mass is 319 g/mol. The fourth-order valence-corrected chi connectivity index (χ4v) is 2.28. The number of carbonyl (C=O) groups is 1. The molecule has 5 nitrogen and oxygen atoms in total. The van der Waals surface area contributed by atoms with E-state index in [4.69, 9.17) is 4.74 Å². The van der Waals surface area contributed by atoms with Crippen LogP contribution >= 0.6 is 0 Å². The normalized spacial score (nSPS) is 10.2. The summed E-state index contributed by atoms with van der Waals surface area (Å²) in [5.41, 5.74) is 2.80. The summed E-state index contributed by atoms with van der Waals surface area (Å²) >= 11 is 0. The molecule has 0 spiro atoms. The van der Waals surface area contributed by atoms with Crippen LogP contribution in [0.2, 0.25) is 0 Å². The molecule has 0 aliphatic rings. The fraction of sp³-hybridized carbons (Fsp3) is 0.105. The van der Waals surface area contributed by atoms with Crippen molar-refractivity contribution in [2.24, 2.45) is 0 Å². The Balaban J connectivity index is 1.66. The van der Waals surface area contributed by atoms with Crippen molar-refractivity contribution in [1.29, 1.82) is 0 Å². The van der Waals surface area contributed by atoms with Crippen molar-refractivity contribution in [1.82, 2.24) is 9.97 Å². The number of benzene rings is 2. The number of nitrogens with zero attached hydrogens (tertiary/aromatic N) is 2. The van der Waals surface area contributed by atoms with Crippen LogP contribution < -0.4 is 10.1 Å². The zero-order valence-corrected chi connectivity index (χ0v) is 13.3. The molecule has 0 aliphatic carbocycles. The molecule has 2 aromatic carbocycles. The molecule has 5 heteroatoms. The van der Waals surface area contributed by atoms with E-state index in [9.17, 15) is 4.79 Å². The van der Waals surface area contributed by atoms with Crippen molar-refractivity contribution < 1.29 is 9.53 Å². The highest BCUT2D eigenvalue weighted by molar-refractivity contribution is 5.92. The number of aryl methyl sites for hydroxylation is 1. The molecule has 0 saturated carbocycles. The third-order valence-corrected chi connectivity index (χ3v) is 3.49. The van der Waals surface area contributed by atoms with Crippen molar-refractivity contribution in [3.05, 3.63) is 78.2 Å². The third-order valence-electron chi connectivity index (χ3n) is 3.49. The third kappa shape index (κ3) is 4.16. The van der Waals surface area contributed by atoms with Gasteiger partial charge in [-0.15, -0.1) is 0 Å². The first-order chi connectivity index (χ1) is 11.7. The molecule has 24 heavy (non-hydrogen) atoms. The lowest BCUT2D eigenvalue weighted by atomic mass is 10.1. The largest absolute Gasteiger partial charge is 0.437 e. The topological polar surface area (TPSA) is 64.1 Å². The van der Waals surface area contributed by atoms with Gasteiger partial charge in [-0.05, 0) is 30.2 Å². The van der Waals surface area contributed by atoms with Crippen LogP contribution in [-0.2, 0) is 11.2 Å². The van der Waals surface area contributed by atoms with Gasteiger partial charge < -0.3 is 10.1 Å². The zero-order chi connectivity index (χ0) is 16.8. The molecule has 120 valence electrons. The first-order valence-corrected chi connectivity index (χ1v) is 7.59. The molecule has 0 fully saturated rings. The summed E-state index contributed by atoms with van der Waals surface area (Å²) in [7, 11) is 0. The van der Waals surface area contributed by atoms with Crippen molar-refractivity contribution in [2.45, 2.75) is 13.3 Å². The van der Waals surface area contributed by atoms with Crippen molar-refractivity contribution >= 4 is 11.6 Å². The summed E-state index contributed by atoms with van der Waals surface area (Å²) in [5.74, 6) is 0.922. The Labute approximate surface area is 140 Å². The van der Waals surface area contributed by atoms with E-state index in [-0.39, 0.29) is 5.91 Å². The summed E-state index contributed by atoms with van der Waals surface area (Å²) < 4.78 is 5.61. The number of rotatable bonds is 5. The molecule has 0 radical (unpaired) electrons. The van der Waals surface area contributed by atoms with Gasteiger partial charge in [-0.1, -0.05) is 30.3 Å². The average Bonchev–Trinajstić information content (AvgIpc) is 2.58.